The molecule has 0 radical (unpaired) electrons. The van der Waals surface area contributed by atoms with Crippen LogP contribution in [0.5, 0.6) is 0 Å². The summed E-state index contributed by atoms with van der Waals surface area (Å²) < 4.78 is 0. The average molecular weight is 189 g/mol. The fraction of sp³-hybridized carbons (Fsp3) is 1.00. The molecular formula is C8H15NO4. The van der Waals surface area contributed by atoms with Crippen LogP contribution in [0, 0.1) is 0 Å². The Kier molecular flexibility index (Phi) is 2.29. The third-order valence-electron chi connectivity index (χ3n) is 3.17. The Hall–Kier alpha value is -0.200. The highest BCUT2D eigenvalue weighted by Crippen LogP contribution is 2.33. The van der Waals surface area contributed by atoms with E-state index in [1.54, 1.807) is 4.90 Å². The Bertz CT molecular complexity index is 201. The Balaban J connectivity index is 2.19. The molecule has 2 saturated heterocycles. The minimum atomic E-state index is -0.940. The third-order valence-corrected chi connectivity index (χ3v) is 3.17. The molecule has 0 saturated carbocycles. The Morgan fingerprint density at radius 2 is 1.85 bits per heavy atom. The van der Waals surface area contributed by atoms with Gasteiger partial charge in [-0.2, -0.15) is 0 Å². The van der Waals surface area contributed by atoms with Gasteiger partial charge in [-0.3, -0.25) is 4.90 Å². The molecule has 2 aliphatic heterocycles. The predicted octanol–water partition coefficient (Wildman–Crippen LogP) is -2.48. The van der Waals surface area contributed by atoms with E-state index in [2.05, 4.69) is 0 Å². The van der Waals surface area contributed by atoms with Gasteiger partial charge in [-0.25, -0.2) is 0 Å². The molecule has 76 valence electrons. The third kappa shape index (κ3) is 1.19. The summed E-state index contributed by atoms with van der Waals surface area (Å²) in [7, 11) is 0. The van der Waals surface area contributed by atoms with Crippen LogP contribution in [-0.2, 0) is 0 Å². The summed E-state index contributed by atoms with van der Waals surface area (Å²) in [5, 5.41) is 37.6. The van der Waals surface area contributed by atoms with Crippen LogP contribution in [0.25, 0.3) is 0 Å². The molecule has 0 amide bonds. The molecule has 0 aromatic carbocycles. The maximum atomic E-state index is 9.58. The fourth-order valence-electron chi connectivity index (χ4n) is 2.47. The molecule has 13 heavy (non-hydrogen) atoms. The van der Waals surface area contributed by atoms with Crippen LogP contribution in [0.4, 0.5) is 0 Å². The molecule has 2 aliphatic rings. The summed E-state index contributed by atoms with van der Waals surface area (Å²) in [6, 6.07) is -0.815. The zero-order chi connectivity index (χ0) is 9.59. The van der Waals surface area contributed by atoms with Gasteiger partial charge < -0.3 is 20.4 Å². The van der Waals surface area contributed by atoms with Crippen LogP contribution in [0.3, 0.4) is 0 Å². The van der Waals surface area contributed by atoms with Gasteiger partial charge in [0.1, 0.15) is 0 Å². The van der Waals surface area contributed by atoms with Crippen molar-refractivity contribution in [3.63, 3.8) is 0 Å². The molecule has 2 fully saturated rings. The van der Waals surface area contributed by atoms with E-state index in [9.17, 15) is 15.3 Å². The maximum absolute atomic E-state index is 9.58. The van der Waals surface area contributed by atoms with Crippen molar-refractivity contribution in [1.29, 1.82) is 0 Å². The summed E-state index contributed by atoms with van der Waals surface area (Å²) in [6.07, 6.45) is -1.86. The highest BCUT2D eigenvalue weighted by molar-refractivity contribution is 5.06. The predicted molar refractivity (Wildman–Crippen MR) is 44.0 cm³/mol. The Morgan fingerprint density at radius 1 is 1.15 bits per heavy atom. The van der Waals surface area contributed by atoms with Crippen molar-refractivity contribution in [1.82, 2.24) is 4.90 Å². The van der Waals surface area contributed by atoms with Gasteiger partial charge in [0.25, 0.3) is 0 Å². The highest BCUT2D eigenvalue weighted by Gasteiger charge is 2.52. The van der Waals surface area contributed by atoms with Crippen molar-refractivity contribution >= 4 is 0 Å². The maximum Gasteiger partial charge on any atom is 0.0995 e. The van der Waals surface area contributed by atoms with Crippen LogP contribution in [0.15, 0.2) is 0 Å². The first kappa shape index (κ1) is 9.36. The van der Waals surface area contributed by atoms with E-state index >= 15 is 0 Å². The summed E-state index contributed by atoms with van der Waals surface area (Å²) in [5.41, 5.74) is 0. The van der Waals surface area contributed by atoms with Crippen molar-refractivity contribution in [3.05, 3.63) is 0 Å². The first-order valence-electron chi connectivity index (χ1n) is 4.57. The largest absolute Gasteiger partial charge is 0.395 e. The number of fused-ring (bicyclic) bond motifs is 1. The molecule has 0 aliphatic carbocycles. The summed E-state index contributed by atoms with van der Waals surface area (Å²) >= 11 is 0. The zero-order valence-electron chi connectivity index (χ0n) is 7.24. The van der Waals surface area contributed by atoms with E-state index < -0.39 is 30.4 Å². The number of aliphatic hydroxyl groups is 4. The number of nitrogens with zero attached hydrogens (tertiary/aromatic N) is 1. The van der Waals surface area contributed by atoms with Crippen molar-refractivity contribution in [2.75, 3.05) is 13.2 Å². The summed E-state index contributed by atoms with van der Waals surface area (Å²) in [5.74, 6) is 0. The highest BCUT2D eigenvalue weighted by atomic mass is 16.3. The first-order chi connectivity index (χ1) is 6.16. The van der Waals surface area contributed by atoms with E-state index in [1.807, 2.05) is 0 Å². The van der Waals surface area contributed by atoms with Gasteiger partial charge in [0, 0.05) is 6.54 Å². The topological polar surface area (TPSA) is 84.2 Å². The molecule has 0 spiro atoms. The SMILES string of the molecule is OC[C@@H]1C(O)[C@H](O)[C@H]2[C@@H](O)CCN21. The average Bonchev–Trinajstić information content (AvgIpc) is 2.57. The summed E-state index contributed by atoms with van der Waals surface area (Å²) in [6.45, 7) is 0.451. The van der Waals surface area contributed by atoms with Gasteiger partial charge in [0.2, 0.25) is 0 Å². The van der Waals surface area contributed by atoms with Gasteiger partial charge in [-0.1, -0.05) is 0 Å². The van der Waals surface area contributed by atoms with E-state index in [1.165, 1.54) is 0 Å². The second kappa shape index (κ2) is 3.18. The van der Waals surface area contributed by atoms with Gasteiger partial charge in [-0.05, 0) is 6.42 Å². The van der Waals surface area contributed by atoms with Crippen molar-refractivity contribution in [3.8, 4) is 0 Å². The molecule has 5 atom stereocenters. The minimum absolute atomic E-state index is 0.179. The van der Waals surface area contributed by atoms with Gasteiger partial charge in [0.05, 0.1) is 37.0 Å². The molecule has 0 aromatic heterocycles. The monoisotopic (exact) mass is 189 g/mol. The molecule has 4 N–H and O–H groups in total. The number of hydrogen-bond donors (Lipinski definition) is 4. The van der Waals surface area contributed by atoms with Crippen LogP contribution < -0.4 is 0 Å². The van der Waals surface area contributed by atoms with Crippen LogP contribution >= 0.6 is 0 Å². The second-order valence-corrected chi connectivity index (χ2v) is 3.82. The lowest BCUT2D eigenvalue weighted by Crippen LogP contribution is -2.39. The zero-order valence-corrected chi connectivity index (χ0v) is 7.24. The molecule has 2 heterocycles. The van der Waals surface area contributed by atoms with E-state index in [-0.39, 0.29) is 6.61 Å². The number of hydrogen-bond acceptors (Lipinski definition) is 5. The van der Waals surface area contributed by atoms with E-state index in [4.69, 9.17) is 5.11 Å². The van der Waals surface area contributed by atoms with Gasteiger partial charge >= 0.3 is 0 Å². The minimum Gasteiger partial charge on any atom is -0.395 e. The van der Waals surface area contributed by atoms with Crippen molar-refractivity contribution < 1.29 is 20.4 Å². The summed E-state index contributed by atoms with van der Waals surface area (Å²) in [4.78, 5) is 1.79. The molecule has 1 unspecified atom stereocenters. The van der Waals surface area contributed by atoms with Crippen LogP contribution in [0.1, 0.15) is 6.42 Å². The number of aliphatic hydroxyl groups excluding tert-OH is 4. The smallest absolute Gasteiger partial charge is 0.0995 e. The lowest BCUT2D eigenvalue weighted by Gasteiger charge is -2.22. The van der Waals surface area contributed by atoms with Gasteiger partial charge in [-0.15, -0.1) is 0 Å². The first-order valence-corrected chi connectivity index (χ1v) is 4.57. The molecule has 5 nitrogen and oxygen atoms in total. The fourth-order valence-corrected chi connectivity index (χ4v) is 2.47. The van der Waals surface area contributed by atoms with Crippen LogP contribution in [0.2, 0.25) is 0 Å². The second-order valence-electron chi connectivity index (χ2n) is 3.82. The lowest BCUT2D eigenvalue weighted by atomic mass is 10.0. The molecule has 0 aromatic rings. The van der Waals surface area contributed by atoms with Crippen molar-refractivity contribution in [2.24, 2.45) is 0 Å². The molecule has 5 heteroatoms. The standard InChI is InChI=1S/C8H15NO4/c10-3-4-7(12)8(13)6-5(11)1-2-9(4)6/h4-8,10-13H,1-3H2/t4-,5+,6-,7?,8-/m1/s1. The van der Waals surface area contributed by atoms with E-state index in [0.29, 0.717) is 13.0 Å². The lowest BCUT2D eigenvalue weighted by molar-refractivity contribution is -0.000895. The normalized spacial score (nSPS) is 51.2. The Labute approximate surface area is 76.2 Å². The molecular weight excluding hydrogens is 174 g/mol. The van der Waals surface area contributed by atoms with Crippen molar-refractivity contribution in [2.45, 2.75) is 36.8 Å². The number of rotatable bonds is 1. The molecule has 2 rings (SSSR count). The van der Waals surface area contributed by atoms with Gasteiger partial charge in [0.15, 0.2) is 0 Å². The molecule has 0 bridgehead atoms. The quantitative estimate of drug-likeness (QED) is 0.367. The van der Waals surface area contributed by atoms with E-state index in [0.717, 1.165) is 0 Å². The Morgan fingerprint density at radius 3 is 2.46 bits per heavy atom. The van der Waals surface area contributed by atoms with Crippen LogP contribution in [-0.4, -0.2) is 68.9 Å².